The van der Waals surface area contributed by atoms with Gasteiger partial charge in [0.25, 0.3) is 0 Å². The summed E-state index contributed by atoms with van der Waals surface area (Å²) in [6.45, 7) is -3.67. The molecule has 0 aliphatic heterocycles. The number of halogens is 3. The molecule has 0 spiro atoms. The molecular formula is C7H11F3. The molecule has 1 aliphatic carbocycles. The summed E-state index contributed by atoms with van der Waals surface area (Å²) in [5, 5.41) is 0. The monoisotopic (exact) mass is 152 g/mol. The first kappa shape index (κ1) is 9.53. The summed E-state index contributed by atoms with van der Waals surface area (Å²) < 4.78 is 29.0. The SMILES string of the molecule is C1=CCCCC1.FC(F)F. The third-order valence-corrected chi connectivity index (χ3v) is 1.16. The maximum absolute atomic E-state index is 9.67. The van der Waals surface area contributed by atoms with Gasteiger partial charge in [0, 0.05) is 0 Å². The van der Waals surface area contributed by atoms with Gasteiger partial charge in [0.15, 0.2) is 0 Å². The highest BCUT2D eigenvalue weighted by atomic mass is 19.4. The van der Waals surface area contributed by atoms with Gasteiger partial charge in [-0.25, -0.2) is 0 Å². The zero-order valence-electron chi connectivity index (χ0n) is 5.69. The third-order valence-electron chi connectivity index (χ3n) is 1.16. The maximum atomic E-state index is 9.67. The fraction of sp³-hybridized carbons (Fsp3) is 0.714. The average Bonchev–Trinajstić information content (AvgIpc) is 1.90. The average molecular weight is 152 g/mol. The zero-order chi connectivity index (χ0) is 7.82. The molecule has 1 rings (SSSR count). The Balaban J connectivity index is 0.000000180. The van der Waals surface area contributed by atoms with E-state index in [2.05, 4.69) is 12.2 Å². The van der Waals surface area contributed by atoms with Gasteiger partial charge in [-0.2, -0.15) is 13.2 Å². The fourth-order valence-corrected chi connectivity index (χ4v) is 0.760. The summed E-state index contributed by atoms with van der Waals surface area (Å²) in [6, 6.07) is 0. The Labute approximate surface area is 58.7 Å². The predicted octanol–water partition coefficient (Wildman–Crippen LogP) is 3.30. The molecule has 3 heteroatoms. The Morgan fingerprint density at radius 1 is 0.900 bits per heavy atom. The topological polar surface area (TPSA) is 0 Å². The van der Waals surface area contributed by atoms with Crippen LogP contribution in [0.1, 0.15) is 25.7 Å². The Hall–Kier alpha value is -0.470. The second-order valence-electron chi connectivity index (χ2n) is 2.00. The molecule has 1 aliphatic rings. The quantitative estimate of drug-likeness (QED) is 0.467. The summed E-state index contributed by atoms with van der Waals surface area (Å²) in [5.41, 5.74) is 0. The molecular weight excluding hydrogens is 141 g/mol. The van der Waals surface area contributed by atoms with Gasteiger partial charge in [0.1, 0.15) is 0 Å². The number of hydrogen-bond donors (Lipinski definition) is 0. The Bertz CT molecular complexity index is 78.1. The fourth-order valence-electron chi connectivity index (χ4n) is 0.760. The lowest BCUT2D eigenvalue weighted by Gasteiger charge is -1.97. The van der Waals surface area contributed by atoms with Crippen LogP contribution in [0.5, 0.6) is 0 Å². The number of rotatable bonds is 0. The van der Waals surface area contributed by atoms with Crippen molar-refractivity contribution < 1.29 is 13.2 Å². The first-order valence-corrected chi connectivity index (χ1v) is 3.30. The van der Waals surface area contributed by atoms with Gasteiger partial charge >= 0.3 is 6.68 Å². The van der Waals surface area contributed by atoms with Crippen molar-refractivity contribution in [3.8, 4) is 0 Å². The molecule has 0 radical (unpaired) electrons. The molecule has 0 heterocycles. The minimum absolute atomic E-state index is 1.32. The molecule has 0 bridgehead atoms. The summed E-state index contributed by atoms with van der Waals surface area (Å²) >= 11 is 0. The van der Waals surface area contributed by atoms with Crippen LogP contribution < -0.4 is 0 Å². The normalized spacial score (nSPS) is 16.4. The van der Waals surface area contributed by atoms with E-state index >= 15 is 0 Å². The molecule has 0 nitrogen and oxygen atoms in total. The van der Waals surface area contributed by atoms with Crippen molar-refractivity contribution in [2.75, 3.05) is 0 Å². The van der Waals surface area contributed by atoms with E-state index in [4.69, 9.17) is 0 Å². The van der Waals surface area contributed by atoms with Crippen LogP contribution in [0.25, 0.3) is 0 Å². The molecule has 0 aromatic heterocycles. The van der Waals surface area contributed by atoms with Gasteiger partial charge in [-0.3, -0.25) is 0 Å². The molecule has 0 saturated heterocycles. The number of alkyl halides is 3. The van der Waals surface area contributed by atoms with Gasteiger partial charge < -0.3 is 0 Å². The number of hydrogen-bond acceptors (Lipinski definition) is 0. The van der Waals surface area contributed by atoms with Crippen LogP contribution in [0, 0.1) is 0 Å². The number of allylic oxidation sites excluding steroid dienone is 2. The highest BCUT2D eigenvalue weighted by Gasteiger charge is 1.87. The first-order valence-electron chi connectivity index (χ1n) is 3.30. The van der Waals surface area contributed by atoms with E-state index < -0.39 is 6.68 Å². The van der Waals surface area contributed by atoms with Crippen LogP contribution in [-0.2, 0) is 0 Å². The maximum Gasteiger partial charge on any atom is 0.379 e. The smallest absolute Gasteiger partial charge is 0.174 e. The summed E-state index contributed by atoms with van der Waals surface area (Å²) in [7, 11) is 0. The van der Waals surface area contributed by atoms with Crippen molar-refractivity contribution in [1.29, 1.82) is 0 Å². The van der Waals surface area contributed by atoms with Crippen LogP contribution in [0.4, 0.5) is 13.2 Å². The van der Waals surface area contributed by atoms with Crippen molar-refractivity contribution in [2.45, 2.75) is 32.4 Å². The minimum Gasteiger partial charge on any atom is -0.174 e. The summed E-state index contributed by atoms with van der Waals surface area (Å²) in [6.07, 6.45) is 10.0. The van der Waals surface area contributed by atoms with E-state index in [-0.39, 0.29) is 0 Å². The largest absolute Gasteiger partial charge is 0.379 e. The molecule has 10 heavy (non-hydrogen) atoms. The zero-order valence-corrected chi connectivity index (χ0v) is 5.69. The van der Waals surface area contributed by atoms with Crippen molar-refractivity contribution in [2.24, 2.45) is 0 Å². The van der Waals surface area contributed by atoms with Gasteiger partial charge in [-0.05, 0) is 25.7 Å². The van der Waals surface area contributed by atoms with Gasteiger partial charge in [0.05, 0.1) is 0 Å². The van der Waals surface area contributed by atoms with E-state index in [1.807, 2.05) is 0 Å². The molecule has 0 fully saturated rings. The van der Waals surface area contributed by atoms with Crippen molar-refractivity contribution in [3.05, 3.63) is 12.2 Å². The lowest BCUT2D eigenvalue weighted by atomic mass is 10.1. The van der Waals surface area contributed by atoms with Crippen LogP contribution >= 0.6 is 0 Å². The van der Waals surface area contributed by atoms with Crippen LogP contribution in [0.15, 0.2) is 12.2 Å². The van der Waals surface area contributed by atoms with E-state index in [0.29, 0.717) is 0 Å². The predicted molar refractivity (Wildman–Crippen MR) is 34.7 cm³/mol. The minimum atomic E-state index is -3.67. The highest BCUT2D eigenvalue weighted by Crippen LogP contribution is 2.07. The van der Waals surface area contributed by atoms with Crippen molar-refractivity contribution >= 4 is 0 Å². The molecule has 0 aromatic carbocycles. The molecule has 0 amide bonds. The highest BCUT2D eigenvalue weighted by molar-refractivity contribution is 4.85. The van der Waals surface area contributed by atoms with Gasteiger partial charge in [0.2, 0.25) is 0 Å². The van der Waals surface area contributed by atoms with Gasteiger partial charge in [-0.15, -0.1) is 0 Å². The molecule has 0 aromatic rings. The van der Waals surface area contributed by atoms with Gasteiger partial charge in [-0.1, -0.05) is 12.2 Å². The van der Waals surface area contributed by atoms with Crippen molar-refractivity contribution in [3.63, 3.8) is 0 Å². The summed E-state index contributed by atoms with van der Waals surface area (Å²) in [4.78, 5) is 0. The molecule has 0 atom stereocenters. The Morgan fingerprint density at radius 2 is 1.20 bits per heavy atom. The van der Waals surface area contributed by atoms with Crippen LogP contribution in [-0.4, -0.2) is 6.68 Å². The molecule has 0 N–H and O–H groups in total. The third kappa shape index (κ3) is 10.5. The second kappa shape index (κ2) is 6.65. The van der Waals surface area contributed by atoms with E-state index in [0.717, 1.165) is 0 Å². The molecule has 0 unspecified atom stereocenters. The van der Waals surface area contributed by atoms with E-state index in [1.54, 1.807) is 0 Å². The lowest BCUT2D eigenvalue weighted by molar-refractivity contribution is 0.00819. The Kier molecular flexibility index (Phi) is 6.33. The second-order valence-corrected chi connectivity index (χ2v) is 2.00. The molecule has 0 saturated carbocycles. The van der Waals surface area contributed by atoms with Crippen molar-refractivity contribution in [1.82, 2.24) is 0 Å². The first-order chi connectivity index (χ1) is 4.73. The lowest BCUT2D eigenvalue weighted by Crippen LogP contribution is -1.77. The van der Waals surface area contributed by atoms with Crippen LogP contribution in [0.2, 0.25) is 0 Å². The van der Waals surface area contributed by atoms with E-state index in [1.165, 1.54) is 25.7 Å². The van der Waals surface area contributed by atoms with E-state index in [9.17, 15) is 13.2 Å². The Morgan fingerprint density at radius 3 is 1.30 bits per heavy atom. The standard InChI is InChI=1S/C6H10.CHF3/c1-2-4-6-5-3-1;2-1(3)4/h1-2H,3-6H2;1H. The summed E-state index contributed by atoms with van der Waals surface area (Å²) in [5.74, 6) is 0. The van der Waals surface area contributed by atoms with Crippen LogP contribution in [0.3, 0.4) is 0 Å². The molecule has 60 valence electrons.